The van der Waals surface area contributed by atoms with Gasteiger partial charge in [0.15, 0.2) is 0 Å². The topological polar surface area (TPSA) is 63.4 Å². The largest absolute Gasteiger partial charge is 0.494 e. The molecule has 1 aromatic carbocycles. The molecule has 5 heteroatoms. The van der Waals surface area contributed by atoms with E-state index in [4.69, 9.17) is 4.74 Å². The van der Waals surface area contributed by atoms with E-state index in [2.05, 4.69) is 15.0 Å². The van der Waals surface area contributed by atoms with E-state index in [1.807, 2.05) is 37.3 Å². The molecule has 106 valence electrons. The van der Waals surface area contributed by atoms with Gasteiger partial charge in [-0.05, 0) is 31.2 Å². The molecule has 0 unspecified atom stereocenters. The number of hydrogen-bond acceptors (Lipinski definition) is 4. The van der Waals surface area contributed by atoms with Crippen LogP contribution in [0.1, 0.15) is 23.1 Å². The van der Waals surface area contributed by atoms with E-state index in [1.54, 1.807) is 6.07 Å². The van der Waals surface area contributed by atoms with Gasteiger partial charge in [-0.15, -0.1) is 0 Å². The number of carbonyl (C=O) groups excluding carboxylic acids is 1. The summed E-state index contributed by atoms with van der Waals surface area (Å²) in [4.78, 5) is 14.3. The molecular weight excluding hydrogens is 256 g/mol. The Morgan fingerprint density at radius 3 is 2.90 bits per heavy atom. The van der Waals surface area contributed by atoms with Crippen LogP contribution in [0.15, 0.2) is 36.4 Å². The lowest BCUT2D eigenvalue weighted by molar-refractivity contribution is 0.0594. The zero-order chi connectivity index (χ0) is 14.4. The molecule has 0 aliphatic carbocycles. The Bertz CT molecular complexity index is 578. The van der Waals surface area contributed by atoms with Crippen molar-refractivity contribution < 1.29 is 14.3 Å². The van der Waals surface area contributed by atoms with Crippen LogP contribution in [-0.2, 0) is 11.3 Å². The van der Waals surface area contributed by atoms with E-state index in [-0.39, 0.29) is 5.97 Å². The summed E-state index contributed by atoms with van der Waals surface area (Å²) in [6.07, 6.45) is 0. The molecule has 1 aromatic heterocycles. The Kier molecular flexibility index (Phi) is 4.65. The number of aromatic nitrogens is 1. The van der Waals surface area contributed by atoms with E-state index in [0.29, 0.717) is 18.8 Å². The molecule has 0 saturated carbocycles. The number of benzene rings is 1. The number of hydrogen-bond donors (Lipinski definition) is 2. The molecule has 0 saturated heterocycles. The average Bonchev–Trinajstić information content (AvgIpc) is 2.94. The third kappa shape index (κ3) is 3.54. The molecule has 2 rings (SSSR count). The van der Waals surface area contributed by atoms with E-state index in [1.165, 1.54) is 7.11 Å². The fraction of sp³-hybridized carbons (Fsp3) is 0.267. The maximum absolute atomic E-state index is 11.3. The van der Waals surface area contributed by atoms with Gasteiger partial charge in [0, 0.05) is 17.4 Å². The summed E-state index contributed by atoms with van der Waals surface area (Å²) in [7, 11) is 1.36. The normalized spacial score (nSPS) is 10.1. The van der Waals surface area contributed by atoms with Crippen LogP contribution in [0.4, 0.5) is 5.69 Å². The molecule has 0 aliphatic heterocycles. The first-order valence-electron chi connectivity index (χ1n) is 6.46. The second kappa shape index (κ2) is 6.65. The first-order valence-corrected chi connectivity index (χ1v) is 6.46. The summed E-state index contributed by atoms with van der Waals surface area (Å²) in [5, 5.41) is 3.27. The van der Waals surface area contributed by atoms with Gasteiger partial charge < -0.3 is 19.8 Å². The van der Waals surface area contributed by atoms with Crippen molar-refractivity contribution in [1.82, 2.24) is 4.98 Å². The summed E-state index contributed by atoms with van der Waals surface area (Å²) in [6, 6.07) is 11.3. The van der Waals surface area contributed by atoms with Gasteiger partial charge in [-0.3, -0.25) is 0 Å². The van der Waals surface area contributed by atoms with E-state index in [9.17, 15) is 4.79 Å². The number of H-pyrrole nitrogens is 1. The molecule has 1 heterocycles. The molecule has 0 bridgehead atoms. The molecule has 0 aliphatic rings. The van der Waals surface area contributed by atoms with Crippen molar-refractivity contribution in [2.75, 3.05) is 19.0 Å². The second-order valence-electron chi connectivity index (χ2n) is 4.20. The van der Waals surface area contributed by atoms with Gasteiger partial charge in [-0.1, -0.05) is 6.07 Å². The molecular formula is C15H18N2O3. The molecule has 5 nitrogen and oxygen atoms in total. The van der Waals surface area contributed by atoms with Crippen molar-refractivity contribution >= 4 is 11.7 Å². The van der Waals surface area contributed by atoms with E-state index in [0.717, 1.165) is 17.1 Å². The summed E-state index contributed by atoms with van der Waals surface area (Å²) in [5.41, 5.74) is 2.32. The maximum atomic E-state index is 11.3. The number of aromatic amines is 1. The lowest BCUT2D eigenvalue weighted by Gasteiger charge is -2.08. The number of esters is 1. The number of carbonyl (C=O) groups is 1. The van der Waals surface area contributed by atoms with Gasteiger partial charge in [0.05, 0.1) is 20.3 Å². The van der Waals surface area contributed by atoms with Gasteiger partial charge in [-0.2, -0.15) is 0 Å². The minimum Gasteiger partial charge on any atom is -0.494 e. The third-order valence-corrected chi connectivity index (χ3v) is 2.78. The predicted molar refractivity (Wildman–Crippen MR) is 77.1 cm³/mol. The summed E-state index contributed by atoms with van der Waals surface area (Å²) >= 11 is 0. The van der Waals surface area contributed by atoms with Crippen LogP contribution >= 0.6 is 0 Å². The molecule has 2 aromatic rings. The monoisotopic (exact) mass is 274 g/mol. The Morgan fingerprint density at radius 2 is 2.15 bits per heavy atom. The number of rotatable bonds is 6. The summed E-state index contributed by atoms with van der Waals surface area (Å²) in [5.74, 6) is 0.467. The number of anilines is 1. The maximum Gasteiger partial charge on any atom is 0.354 e. The van der Waals surface area contributed by atoms with E-state index >= 15 is 0 Å². The Hall–Kier alpha value is -2.43. The van der Waals surface area contributed by atoms with Crippen molar-refractivity contribution in [1.29, 1.82) is 0 Å². The van der Waals surface area contributed by atoms with Crippen molar-refractivity contribution in [3.8, 4) is 5.75 Å². The SMILES string of the molecule is CCOc1cccc(NCc2ccc(C(=O)OC)[nH]2)c1. The first-order chi connectivity index (χ1) is 9.72. The zero-order valence-corrected chi connectivity index (χ0v) is 11.6. The lowest BCUT2D eigenvalue weighted by Crippen LogP contribution is -2.04. The van der Waals surface area contributed by atoms with Gasteiger partial charge >= 0.3 is 5.97 Å². The highest BCUT2D eigenvalue weighted by molar-refractivity contribution is 5.87. The molecule has 0 amide bonds. The third-order valence-electron chi connectivity index (χ3n) is 2.78. The van der Waals surface area contributed by atoms with E-state index < -0.39 is 0 Å². The van der Waals surface area contributed by atoms with Gasteiger partial charge in [0.25, 0.3) is 0 Å². The Morgan fingerprint density at radius 1 is 1.30 bits per heavy atom. The molecule has 2 N–H and O–H groups in total. The van der Waals surface area contributed by atoms with Crippen molar-refractivity contribution in [2.45, 2.75) is 13.5 Å². The first kappa shape index (κ1) is 14.0. The highest BCUT2D eigenvalue weighted by Crippen LogP contribution is 2.18. The van der Waals surface area contributed by atoms with Gasteiger partial charge in [0.2, 0.25) is 0 Å². The predicted octanol–water partition coefficient (Wildman–Crippen LogP) is 2.81. The zero-order valence-electron chi connectivity index (χ0n) is 11.6. The van der Waals surface area contributed by atoms with Crippen LogP contribution in [0, 0.1) is 0 Å². The second-order valence-corrected chi connectivity index (χ2v) is 4.20. The highest BCUT2D eigenvalue weighted by atomic mass is 16.5. The van der Waals surface area contributed by atoms with Crippen molar-refractivity contribution in [3.05, 3.63) is 47.8 Å². The minimum atomic E-state index is -0.366. The Labute approximate surface area is 117 Å². The van der Waals surface area contributed by atoms with Crippen molar-refractivity contribution in [3.63, 3.8) is 0 Å². The number of methoxy groups -OCH3 is 1. The van der Waals surface area contributed by atoms with Crippen LogP contribution in [0.25, 0.3) is 0 Å². The van der Waals surface area contributed by atoms with Crippen LogP contribution in [-0.4, -0.2) is 24.7 Å². The van der Waals surface area contributed by atoms with Gasteiger partial charge in [0.1, 0.15) is 11.4 Å². The van der Waals surface area contributed by atoms with Crippen LogP contribution in [0.5, 0.6) is 5.75 Å². The number of nitrogens with one attached hydrogen (secondary N) is 2. The molecule has 20 heavy (non-hydrogen) atoms. The smallest absolute Gasteiger partial charge is 0.354 e. The van der Waals surface area contributed by atoms with Crippen molar-refractivity contribution in [2.24, 2.45) is 0 Å². The molecule has 0 spiro atoms. The van der Waals surface area contributed by atoms with Crippen LogP contribution < -0.4 is 10.1 Å². The van der Waals surface area contributed by atoms with Gasteiger partial charge in [-0.25, -0.2) is 4.79 Å². The van der Waals surface area contributed by atoms with Crippen LogP contribution in [0.2, 0.25) is 0 Å². The average molecular weight is 274 g/mol. The quantitative estimate of drug-likeness (QED) is 0.795. The summed E-state index contributed by atoms with van der Waals surface area (Å²) in [6.45, 7) is 3.18. The highest BCUT2D eigenvalue weighted by Gasteiger charge is 2.07. The fourth-order valence-electron chi connectivity index (χ4n) is 1.83. The Balaban J connectivity index is 1.96. The molecule has 0 fully saturated rings. The molecule has 0 radical (unpaired) electrons. The fourth-order valence-corrected chi connectivity index (χ4v) is 1.83. The van der Waals surface area contributed by atoms with Crippen LogP contribution in [0.3, 0.4) is 0 Å². The standard InChI is InChI=1S/C15H18N2O3/c1-3-20-13-6-4-5-11(9-13)16-10-12-7-8-14(17-12)15(18)19-2/h4-9,16-17H,3,10H2,1-2H3. The number of ether oxygens (including phenoxy) is 2. The summed E-state index contributed by atoms with van der Waals surface area (Å²) < 4.78 is 10.1. The lowest BCUT2D eigenvalue weighted by atomic mass is 10.3. The molecule has 0 atom stereocenters. The minimum absolute atomic E-state index is 0.366.